The molecule has 148 valence electrons. The van der Waals surface area contributed by atoms with E-state index in [1.165, 1.54) is 24.3 Å². The summed E-state index contributed by atoms with van der Waals surface area (Å²) in [5.41, 5.74) is 0.270. The topological polar surface area (TPSA) is 135 Å². The van der Waals surface area contributed by atoms with Crippen LogP contribution in [0.15, 0.2) is 54.6 Å². The molecular formula is C18H19N3O6S. The van der Waals surface area contributed by atoms with Crippen LogP contribution in [0.2, 0.25) is 0 Å². The van der Waals surface area contributed by atoms with Crippen LogP contribution in [0, 0.1) is 10.1 Å². The number of carbonyl (C=O) groups excluding carboxylic acids is 2. The van der Waals surface area contributed by atoms with Gasteiger partial charge in [0.1, 0.15) is 15.9 Å². The number of hydrogen-bond donors (Lipinski definition) is 2. The van der Waals surface area contributed by atoms with Crippen LogP contribution in [0.5, 0.6) is 0 Å². The van der Waals surface area contributed by atoms with E-state index in [1.807, 2.05) is 0 Å². The van der Waals surface area contributed by atoms with Gasteiger partial charge in [-0.25, -0.2) is 8.42 Å². The number of sulfone groups is 1. The lowest BCUT2D eigenvalue weighted by Crippen LogP contribution is -2.44. The second kappa shape index (κ2) is 9.09. The third-order valence-electron chi connectivity index (χ3n) is 3.76. The molecule has 0 unspecified atom stereocenters. The fourth-order valence-corrected chi connectivity index (χ4v) is 3.02. The molecule has 0 saturated carbocycles. The van der Waals surface area contributed by atoms with E-state index in [0.29, 0.717) is 5.56 Å². The lowest BCUT2D eigenvalue weighted by atomic mass is 10.1. The van der Waals surface area contributed by atoms with E-state index in [-0.39, 0.29) is 23.5 Å². The third-order valence-corrected chi connectivity index (χ3v) is 4.74. The van der Waals surface area contributed by atoms with Crippen molar-refractivity contribution in [3.63, 3.8) is 0 Å². The van der Waals surface area contributed by atoms with Crippen molar-refractivity contribution in [3.8, 4) is 0 Å². The minimum Gasteiger partial charge on any atom is -0.340 e. The Morgan fingerprint density at radius 2 is 1.79 bits per heavy atom. The van der Waals surface area contributed by atoms with Gasteiger partial charge in [0, 0.05) is 29.6 Å². The number of nitrogens with one attached hydrogen (secondary N) is 2. The third kappa shape index (κ3) is 6.47. The maximum Gasteiger partial charge on any atom is 0.271 e. The summed E-state index contributed by atoms with van der Waals surface area (Å²) in [6.07, 6.45) is 0.889. The molecule has 0 saturated heterocycles. The first kappa shape index (κ1) is 21.0. The Morgan fingerprint density at radius 1 is 1.11 bits per heavy atom. The number of anilines is 1. The molecule has 2 N–H and O–H groups in total. The molecule has 0 spiro atoms. The van der Waals surface area contributed by atoms with Gasteiger partial charge in [-0.1, -0.05) is 24.3 Å². The fraction of sp³-hybridized carbons (Fsp3) is 0.222. The summed E-state index contributed by atoms with van der Waals surface area (Å²) in [5, 5.41) is 15.8. The fourth-order valence-electron chi connectivity index (χ4n) is 2.36. The van der Waals surface area contributed by atoms with Gasteiger partial charge in [-0.2, -0.15) is 0 Å². The molecule has 0 radical (unpaired) electrons. The molecule has 9 nitrogen and oxygen atoms in total. The number of hydrogen-bond acceptors (Lipinski definition) is 6. The molecule has 0 bridgehead atoms. The Bertz CT molecular complexity index is 976. The molecular weight excluding hydrogens is 386 g/mol. The van der Waals surface area contributed by atoms with E-state index in [1.54, 1.807) is 30.3 Å². The molecule has 28 heavy (non-hydrogen) atoms. The maximum atomic E-state index is 12.6. The van der Waals surface area contributed by atoms with Crippen molar-refractivity contribution in [1.82, 2.24) is 5.32 Å². The second-order valence-corrected chi connectivity index (χ2v) is 8.37. The summed E-state index contributed by atoms with van der Waals surface area (Å²) in [7, 11) is -3.36. The smallest absolute Gasteiger partial charge is 0.271 e. The molecule has 0 aromatic heterocycles. The van der Waals surface area contributed by atoms with Crippen LogP contribution in [0.3, 0.4) is 0 Å². The van der Waals surface area contributed by atoms with Crippen molar-refractivity contribution in [3.05, 3.63) is 70.3 Å². The van der Waals surface area contributed by atoms with E-state index < -0.39 is 32.6 Å². The quantitative estimate of drug-likeness (QED) is 0.507. The molecule has 2 rings (SSSR count). The highest BCUT2D eigenvalue weighted by atomic mass is 32.2. The highest BCUT2D eigenvalue weighted by Crippen LogP contribution is 2.17. The predicted octanol–water partition coefficient (Wildman–Crippen LogP) is 1.77. The molecule has 2 aromatic carbocycles. The lowest BCUT2D eigenvalue weighted by Gasteiger charge is -2.18. The Hall–Kier alpha value is -3.27. The molecule has 0 aliphatic heterocycles. The van der Waals surface area contributed by atoms with Crippen LogP contribution in [0.4, 0.5) is 11.4 Å². The molecule has 10 heteroatoms. The van der Waals surface area contributed by atoms with Crippen LogP contribution < -0.4 is 10.6 Å². The number of nitrogens with zero attached hydrogens (tertiary/aromatic N) is 1. The van der Waals surface area contributed by atoms with Gasteiger partial charge in [-0.05, 0) is 24.6 Å². The second-order valence-electron chi connectivity index (χ2n) is 6.11. The zero-order valence-electron chi connectivity index (χ0n) is 15.0. The van der Waals surface area contributed by atoms with Gasteiger partial charge < -0.3 is 10.6 Å². The summed E-state index contributed by atoms with van der Waals surface area (Å²) >= 11 is 0. The van der Waals surface area contributed by atoms with Crippen LogP contribution in [0.1, 0.15) is 16.8 Å². The van der Waals surface area contributed by atoms with Crippen molar-refractivity contribution in [2.45, 2.75) is 12.5 Å². The van der Waals surface area contributed by atoms with Gasteiger partial charge in [0.25, 0.3) is 11.6 Å². The predicted molar refractivity (Wildman–Crippen MR) is 104 cm³/mol. The van der Waals surface area contributed by atoms with Crippen molar-refractivity contribution in [2.75, 3.05) is 17.3 Å². The molecule has 1 atom stereocenters. The van der Waals surface area contributed by atoms with Gasteiger partial charge in [-0.3, -0.25) is 19.7 Å². The number of nitro groups is 1. The van der Waals surface area contributed by atoms with Crippen molar-refractivity contribution in [1.29, 1.82) is 0 Å². The van der Waals surface area contributed by atoms with Gasteiger partial charge >= 0.3 is 0 Å². The summed E-state index contributed by atoms with van der Waals surface area (Å²) in [4.78, 5) is 35.2. The average molecular weight is 405 g/mol. The Kier molecular flexibility index (Phi) is 6.83. The number of rotatable bonds is 8. The Balaban J connectivity index is 2.17. The average Bonchev–Trinajstić information content (AvgIpc) is 2.65. The molecule has 0 fully saturated rings. The van der Waals surface area contributed by atoms with E-state index in [4.69, 9.17) is 0 Å². The zero-order valence-corrected chi connectivity index (χ0v) is 15.8. The Morgan fingerprint density at radius 3 is 2.39 bits per heavy atom. The van der Waals surface area contributed by atoms with Gasteiger partial charge in [0.2, 0.25) is 5.91 Å². The monoisotopic (exact) mass is 405 g/mol. The largest absolute Gasteiger partial charge is 0.340 e. The first-order valence-electron chi connectivity index (χ1n) is 8.24. The molecule has 0 aliphatic rings. The van der Waals surface area contributed by atoms with E-state index in [2.05, 4.69) is 10.6 Å². The van der Waals surface area contributed by atoms with Crippen LogP contribution >= 0.6 is 0 Å². The molecule has 0 heterocycles. The van der Waals surface area contributed by atoms with Crippen LogP contribution in [0.25, 0.3) is 0 Å². The summed E-state index contributed by atoms with van der Waals surface area (Å²) in [6, 6.07) is 12.3. The van der Waals surface area contributed by atoms with E-state index in [9.17, 15) is 28.1 Å². The Labute approximate surface area is 161 Å². The van der Waals surface area contributed by atoms with Crippen molar-refractivity contribution < 1.29 is 22.9 Å². The normalized spacial score (nSPS) is 12.0. The van der Waals surface area contributed by atoms with Crippen molar-refractivity contribution >= 4 is 33.0 Å². The van der Waals surface area contributed by atoms with E-state index >= 15 is 0 Å². The highest BCUT2D eigenvalue weighted by molar-refractivity contribution is 7.90. The van der Waals surface area contributed by atoms with Crippen LogP contribution in [-0.2, 0) is 14.6 Å². The van der Waals surface area contributed by atoms with Gasteiger partial charge in [0.05, 0.1) is 10.7 Å². The first-order valence-corrected chi connectivity index (χ1v) is 10.3. The highest BCUT2D eigenvalue weighted by Gasteiger charge is 2.23. The number of non-ortho nitro benzene ring substituents is 1. The summed E-state index contributed by atoms with van der Waals surface area (Å²) < 4.78 is 22.9. The molecule has 0 aliphatic carbocycles. The SMILES string of the molecule is CS(=O)(=O)CC[C@@H](NC(=O)c1ccccc1)C(=O)Nc1cccc([N+](=O)[O-])c1. The lowest BCUT2D eigenvalue weighted by molar-refractivity contribution is -0.384. The summed E-state index contributed by atoms with van der Waals surface area (Å²) in [6.45, 7) is 0. The number of benzene rings is 2. The number of carbonyl (C=O) groups is 2. The first-order chi connectivity index (χ1) is 13.2. The summed E-state index contributed by atoms with van der Waals surface area (Å²) in [5.74, 6) is -1.52. The van der Waals surface area contributed by atoms with Crippen LogP contribution in [-0.4, -0.2) is 43.2 Å². The number of amides is 2. The number of nitro benzene ring substituents is 1. The van der Waals surface area contributed by atoms with Gasteiger partial charge in [0.15, 0.2) is 0 Å². The molecule has 2 aromatic rings. The zero-order chi connectivity index (χ0) is 20.7. The minimum atomic E-state index is -3.36. The molecule has 2 amide bonds. The maximum absolute atomic E-state index is 12.6. The van der Waals surface area contributed by atoms with Gasteiger partial charge in [-0.15, -0.1) is 0 Å². The minimum absolute atomic E-state index is 0.141. The van der Waals surface area contributed by atoms with E-state index in [0.717, 1.165) is 6.26 Å². The van der Waals surface area contributed by atoms with Crippen molar-refractivity contribution in [2.24, 2.45) is 0 Å². The standard InChI is InChI=1S/C18H19N3O6S/c1-28(26,27)11-10-16(20-17(22)13-6-3-2-4-7-13)18(23)19-14-8-5-9-15(12-14)21(24)25/h2-9,12,16H,10-11H2,1H3,(H,19,23)(H,20,22)/t16-/m1/s1.